The van der Waals surface area contributed by atoms with Gasteiger partial charge in [0.05, 0.1) is 12.1 Å². The molecule has 0 unspecified atom stereocenters. The van der Waals surface area contributed by atoms with Crippen molar-refractivity contribution in [3.63, 3.8) is 0 Å². The largest absolute Gasteiger partial charge is 0.391 e. The minimum atomic E-state index is -0.507. The molecule has 17 heavy (non-hydrogen) atoms. The van der Waals surface area contributed by atoms with Crippen LogP contribution in [0.3, 0.4) is 0 Å². The minimum absolute atomic E-state index is 0. The van der Waals surface area contributed by atoms with Crippen LogP contribution in [0.2, 0.25) is 0 Å². The van der Waals surface area contributed by atoms with Gasteiger partial charge in [0.2, 0.25) is 0 Å². The van der Waals surface area contributed by atoms with E-state index in [-0.39, 0.29) is 18.2 Å². The molecule has 96 valence electrons. The summed E-state index contributed by atoms with van der Waals surface area (Å²) >= 11 is 0. The Morgan fingerprint density at radius 1 is 1.18 bits per heavy atom. The fraction of sp³-hybridized carbons (Fsp3) is 0.538. The first-order valence-electron chi connectivity index (χ1n) is 5.87. The van der Waals surface area contributed by atoms with E-state index >= 15 is 0 Å². The normalized spacial score (nSPS) is 19.7. The summed E-state index contributed by atoms with van der Waals surface area (Å²) in [5.74, 6) is 0.0337. The zero-order valence-corrected chi connectivity index (χ0v) is 10.5. The second-order valence-corrected chi connectivity index (χ2v) is 4.61. The number of nitrogens with two attached hydrogens (primary N) is 1. The number of aliphatic hydroxyl groups is 1. The summed E-state index contributed by atoms with van der Waals surface area (Å²) in [5.41, 5.74) is 6.80. The number of benzene rings is 1. The number of halogens is 2. The molecule has 0 heterocycles. The van der Waals surface area contributed by atoms with E-state index in [9.17, 15) is 9.50 Å². The van der Waals surface area contributed by atoms with Crippen LogP contribution in [-0.4, -0.2) is 11.2 Å². The molecule has 2 atom stereocenters. The maximum absolute atomic E-state index is 12.7. The van der Waals surface area contributed by atoms with E-state index < -0.39 is 12.1 Å². The van der Waals surface area contributed by atoms with Crippen LogP contribution < -0.4 is 5.73 Å². The summed E-state index contributed by atoms with van der Waals surface area (Å²) in [7, 11) is 0. The Hall–Kier alpha value is -0.640. The summed E-state index contributed by atoms with van der Waals surface area (Å²) in [6, 6.07) is 5.67. The molecule has 1 aromatic rings. The zero-order chi connectivity index (χ0) is 11.5. The lowest BCUT2D eigenvalue weighted by atomic mass is 9.91. The Morgan fingerprint density at radius 3 is 2.24 bits per heavy atom. The summed E-state index contributed by atoms with van der Waals surface area (Å²) in [4.78, 5) is 0. The summed E-state index contributed by atoms with van der Waals surface area (Å²) in [6.45, 7) is 0. The van der Waals surface area contributed by atoms with Crippen LogP contribution in [0.25, 0.3) is 0 Å². The number of aliphatic hydroxyl groups excluding tert-OH is 1. The van der Waals surface area contributed by atoms with Crippen LogP contribution in [-0.2, 0) is 0 Å². The molecule has 0 amide bonds. The van der Waals surface area contributed by atoms with Gasteiger partial charge < -0.3 is 10.8 Å². The van der Waals surface area contributed by atoms with Crippen molar-refractivity contribution in [2.75, 3.05) is 0 Å². The molecule has 3 N–H and O–H groups in total. The lowest BCUT2D eigenvalue weighted by Gasteiger charge is -2.24. The predicted molar refractivity (Wildman–Crippen MR) is 68.5 cm³/mol. The molecule has 2 rings (SSSR count). The Labute approximate surface area is 107 Å². The van der Waals surface area contributed by atoms with Gasteiger partial charge in [-0.1, -0.05) is 25.0 Å². The Morgan fingerprint density at radius 2 is 1.71 bits per heavy atom. The molecule has 0 aliphatic heterocycles. The van der Waals surface area contributed by atoms with Gasteiger partial charge in [-0.05, 0) is 36.5 Å². The lowest BCUT2D eigenvalue weighted by molar-refractivity contribution is 0.0845. The van der Waals surface area contributed by atoms with Crippen LogP contribution in [0.1, 0.15) is 37.3 Å². The SMILES string of the molecule is Cl.N[C@@H](c1ccc(F)cc1)[C@H](O)C1CCCC1. The highest BCUT2D eigenvalue weighted by Gasteiger charge is 2.28. The second kappa shape index (κ2) is 6.34. The van der Waals surface area contributed by atoms with E-state index in [1.807, 2.05) is 0 Å². The van der Waals surface area contributed by atoms with Crippen molar-refractivity contribution in [3.05, 3.63) is 35.6 Å². The molecule has 1 aliphatic carbocycles. The zero-order valence-electron chi connectivity index (χ0n) is 9.68. The van der Waals surface area contributed by atoms with Gasteiger partial charge in [-0.2, -0.15) is 0 Å². The number of hydrogen-bond acceptors (Lipinski definition) is 2. The van der Waals surface area contributed by atoms with Gasteiger partial charge in [-0.3, -0.25) is 0 Å². The van der Waals surface area contributed by atoms with Gasteiger partial charge in [0.1, 0.15) is 5.82 Å². The van der Waals surface area contributed by atoms with Gasteiger partial charge in [-0.25, -0.2) is 4.39 Å². The highest BCUT2D eigenvalue weighted by Crippen LogP contribution is 2.32. The monoisotopic (exact) mass is 259 g/mol. The highest BCUT2D eigenvalue weighted by atomic mass is 35.5. The molecule has 2 nitrogen and oxygen atoms in total. The Kier molecular flexibility index (Phi) is 5.37. The van der Waals surface area contributed by atoms with Crippen molar-refractivity contribution in [1.82, 2.24) is 0 Å². The molecule has 0 aromatic heterocycles. The second-order valence-electron chi connectivity index (χ2n) is 4.61. The lowest BCUT2D eigenvalue weighted by Crippen LogP contribution is -2.31. The highest BCUT2D eigenvalue weighted by molar-refractivity contribution is 5.85. The molecule has 0 saturated heterocycles. The maximum Gasteiger partial charge on any atom is 0.123 e. The van der Waals surface area contributed by atoms with Crippen molar-refractivity contribution in [2.24, 2.45) is 11.7 Å². The molecule has 0 radical (unpaired) electrons. The summed E-state index contributed by atoms with van der Waals surface area (Å²) < 4.78 is 12.7. The van der Waals surface area contributed by atoms with Crippen molar-refractivity contribution in [2.45, 2.75) is 37.8 Å². The molecule has 1 aliphatic rings. The molecule has 0 spiro atoms. The van der Waals surface area contributed by atoms with E-state index in [1.54, 1.807) is 12.1 Å². The van der Waals surface area contributed by atoms with Gasteiger partial charge in [-0.15, -0.1) is 12.4 Å². The fourth-order valence-corrected chi connectivity index (χ4v) is 2.47. The van der Waals surface area contributed by atoms with E-state index in [4.69, 9.17) is 5.73 Å². The Bertz CT molecular complexity index is 338. The smallest absolute Gasteiger partial charge is 0.123 e. The van der Waals surface area contributed by atoms with Crippen molar-refractivity contribution in [3.8, 4) is 0 Å². The third-order valence-corrected chi connectivity index (χ3v) is 3.51. The first-order chi connectivity index (χ1) is 7.68. The topological polar surface area (TPSA) is 46.2 Å². The third-order valence-electron chi connectivity index (χ3n) is 3.51. The first-order valence-corrected chi connectivity index (χ1v) is 5.87. The van der Waals surface area contributed by atoms with E-state index in [0.717, 1.165) is 18.4 Å². The predicted octanol–water partition coefficient (Wildman–Crippen LogP) is 2.80. The summed E-state index contributed by atoms with van der Waals surface area (Å²) in [5, 5.41) is 10.1. The van der Waals surface area contributed by atoms with Crippen LogP contribution in [0.4, 0.5) is 4.39 Å². The molecule has 1 aromatic carbocycles. The van der Waals surface area contributed by atoms with E-state index in [2.05, 4.69) is 0 Å². The first kappa shape index (κ1) is 14.4. The molecular weight excluding hydrogens is 241 g/mol. The Balaban J connectivity index is 0.00000144. The van der Waals surface area contributed by atoms with Crippen LogP contribution in [0, 0.1) is 11.7 Å². The number of rotatable bonds is 3. The van der Waals surface area contributed by atoms with Crippen molar-refractivity contribution >= 4 is 12.4 Å². The van der Waals surface area contributed by atoms with Gasteiger partial charge in [0.15, 0.2) is 0 Å². The van der Waals surface area contributed by atoms with Crippen LogP contribution in [0.5, 0.6) is 0 Å². The molecule has 1 saturated carbocycles. The van der Waals surface area contributed by atoms with Crippen LogP contribution >= 0.6 is 12.4 Å². The molecule has 1 fully saturated rings. The average molecular weight is 260 g/mol. The third kappa shape index (κ3) is 3.41. The van der Waals surface area contributed by atoms with Crippen LogP contribution in [0.15, 0.2) is 24.3 Å². The fourth-order valence-electron chi connectivity index (χ4n) is 2.47. The average Bonchev–Trinajstić information content (AvgIpc) is 2.81. The van der Waals surface area contributed by atoms with E-state index in [0.29, 0.717) is 5.92 Å². The quantitative estimate of drug-likeness (QED) is 0.877. The van der Waals surface area contributed by atoms with Crippen molar-refractivity contribution in [1.29, 1.82) is 0 Å². The number of hydrogen-bond donors (Lipinski definition) is 2. The molecular formula is C13H19ClFNO. The van der Waals surface area contributed by atoms with Crippen molar-refractivity contribution < 1.29 is 9.50 Å². The standard InChI is InChI=1S/C13H18FNO.ClH/c14-11-7-5-9(6-8-11)12(15)13(16)10-3-1-2-4-10;/h5-8,10,12-13,16H,1-4,15H2;1H/t12-,13+;/m0./s1. The van der Waals surface area contributed by atoms with Gasteiger partial charge in [0.25, 0.3) is 0 Å². The molecule has 4 heteroatoms. The van der Waals surface area contributed by atoms with Gasteiger partial charge >= 0.3 is 0 Å². The van der Waals surface area contributed by atoms with Gasteiger partial charge in [0, 0.05) is 0 Å². The summed E-state index contributed by atoms with van der Waals surface area (Å²) in [6.07, 6.45) is 3.95. The maximum atomic E-state index is 12.7. The van der Waals surface area contributed by atoms with E-state index in [1.165, 1.54) is 25.0 Å². The molecule has 0 bridgehead atoms. The minimum Gasteiger partial charge on any atom is -0.391 e.